The molecule has 0 fully saturated rings. The van der Waals surface area contributed by atoms with Crippen LogP contribution in [0.4, 0.5) is 5.95 Å². The highest BCUT2D eigenvalue weighted by molar-refractivity contribution is 5.59. The van der Waals surface area contributed by atoms with Gasteiger partial charge in [0.1, 0.15) is 0 Å². The summed E-state index contributed by atoms with van der Waals surface area (Å²) < 4.78 is 1.50. The van der Waals surface area contributed by atoms with Crippen molar-refractivity contribution < 1.29 is 0 Å². The minimum Gasteiger partial charge on any atom is -0.355 e. The molecule has 6 nitrogen and oxygen atoms in total. The van der Waals surface area contributed by atoms with E-state index in [1.807, 2.05) is 30.3 Å². The molecule has 0 aliphatic heterocycles. The average Bonchev–Trinajstić information content (AvgIpc) is 2.60. The molecule has 23 heavy (non-hydrogen) atoms. The lowest BCUT2D eigenvalue weighted by Gasteiger charge is -2.11. The number of pyridine rings is 2. The zero-order valence-electron chi connectivity index (χ0n) is 12.8. The third-order valence-electron chi connectivity index (χ3n) is 3.50. The lowest BCUT2D eigenvalue weighted by atomic mass is 10.2. The second-order valence-corrected chi connectivity index (χ2v) is 5.10. The number of hydrogen-bond acceptors (Lipinski definition) is 5. The molecule has 0 atom stereocenters. The smallest absolute Gasteiger partial charge is 0.255 e. The maximum atomic E-state index is 12.1. The fraction of sp³-hybridized carbons (Fsp3) is 0.176. The fourth-order valence-electron chi connectivity index (χ4n) is 2.22. The monoisotopic (exact) mass is 307 g/mol. The van der Waals surface area contributed by atoms with E-state index in [-0.39, 0.29) is 5.56 Å². The summed E-state index contributed by atoms with van der Waals surface area (Å²) in [6.45, 7) is 0.650. The number of nitrogens with one attached hydrogen (secondary N) is 1. The molecule has 3 aromatic rings. The van der Waals surface area contributed by atoms with E-state index in [0.717, 1.165) is 17.7 Å². The molecular weight excluding hydrogens is 290 g/mol. The molecule has 0 radical (unpaired) electrons. The summed E-state index contributed by atoms with van der Waals surface area (Å²) in [4.78, 5) is 24.9. The van der Waals surface area contributed by atoms with Gasteiger partial charge in [-0.1, -0.05) is 6.07 Å². The highest BCUT2D eigenvalue weighted by atomic mass is 16.1. The number of hydrogen-bond donors (Lipinski definition) is 1. The SMILES string of the molecule is Cn1c(NCCc2ccccn2)nc(-c2ccncc2)cc1=O. The van der Waals surface area contributed by atoms with Gasteiger partial charge in [-0.2, -0.15) is 0 Å². The first-order valence-corrected chi connectivity index (χ1v) is 7.36. The van der Waals surface area contributed by atoms with Gasteiger partial charge in [0.25, 0.3) is 5.56 Å². The molecule has 0 saturated heterocycles. The Hall–Kier alpha value is -3.02. The maximum absolute atomic E-state index is 12.1. The standard InChI is InChI=1S/C17H17N5O/c1-22-16(23)12-15(13-5-9-18-10-6-13)21-17(22)20-11-7-14-4-2-3-8-19-14/h2-6,8-10,12H,7,11H2,1H3,(H,20,21). The second kappa shape index (κ2) is 6.83. The number of nitrogens with zero attached hydrogens (tertiary/aromatic N) is 4. The van der Waals surface area contributed by atoms with Gasteiger partial charge < -0.3 is 5.32 Å². The predicted molar refractivity (Wildman–Crippen MR) is 89.1 cm³/mol. The van der Waals surface area contributed by atoms with Gasteiger partial charge >= 0.3 is 0 Å². The summed E-state index contributed by atoms with van der Waals surface area (Å²) in [5.41, 5.74) is 2.39. The third kappa shape index (κ3) is 3.60. The maximum Gasteiger partial charge on any atom is 0.255 e. The first-order chi connectivity index (χ1) is 11.2. The van der Waals surface area contributed by atoms with Crippen LogP contribution in [0.2, 0.25) is 0 Å². The van der Waals surface area contributed by atoms with Gasteiger partial charge in [0, 0.05) is 55.9 Å². The number of anilines is 1. The van der Waals surface area contributed by atoms with Gasteiger partial charge in [-0.25, -0.2) is 4.98 Å². The minimum atomic E-state index is -0.104. The molecule has 3 heterocycles. The van der Waals surface area contributed by atoms with Crippen LogP contribution in [-0.4, -0.2) is 26.1 Å². The zero-order chi connectivity index (χ0) is 16.1. The highest BCUT2D eigenvalue weighted by Gasteiger charge is 2.07. The molecule has 0 aromatic carbocycles. The van der Waals surface area contributed by atoms with Crippen LogP contribution in [0, 0.1) is 0 Å². The van der Waals surface area contributed by atoms with Crippen LogP contribution in [0.5, 0.6) is 0 Å². The second-order valence-electron chi connectivity index (χ2n) is 5.10. The van der Waals surface area contributed by atoms with Gasteiger partial charge in [-0.3, -0.25) is 19.3 Å². The summed E-state index contributed by atoms with van der Waals surface area (Å²) in [5.74, 6) is 0.542. The van der Waals surface area contributed by atoms with Crippen LogP contribution in [-0.2, 0) is 13.5 Å². The number of rotatable bonds is 5. The van der Waals surface area contributed by atoms with Crippen molar-refractivity contribution in [3.63, 3.8) is 0 Å². The van der Waals surface area contributed by atoms with Crippen LogP contribution in [0.1, 0.15) is 5.69 Å². The summed E-state index contributed by atoms with van der Waals surface area (Å²) in [6.07, 6.45) is 5.90. The third-order valence-corrected chi connectivity index (χ3v) is 3.50. The zero-order valence-corrected chi connectivity index (χ0v) is 12.8. The topological polar surface area (TPSA) is 72.7 Å². The molecule has 3 rings (SSSR count). The van der Waals surface area contributed by atoms with E-state index in [9.17, 15) is 4.79 Å². The average molecular weight is 307 g/mol. The van der Waals surface area contributed by atoms with E-state index in [1.165, 1.54) is 10.6 Å². The van der Waals surface area contributed by atoms with E-state index in [1.54, 1.807) is 25.6 Å². The normalized spacial score (nSPS) is 10.5. The Morgan fingerprint density at radius 1 is 1.13 bits per heavy atom. The molecular formula is C17H17N5O. The Kier molecular flexibility index (Phi) is 4.42. The minimum absolute atomic E-state index is 0.104. The predicted octanol–water partition coefficient (Wildman–Crippen LogP) is 1.89. The van der Waals surface area contributed by atoms with Crippen molar-refractivity contribution in [2.75, 3.05) is 11.9 Å². The molecule has 0 spiro atoms. The van der Waals surface area contributed by atoms with Crippen molar-refractivity contribution in [3.05, 3.63) is 71.0 Å². The van der Waals surface area contributed by atoms with E-state index < -0.39 is 0 Å². The van der Waals surface area contributed by atoms with Gasteiger partial charge in [-0.15, -0.1) is 0 Å². The largest absolute Gasteiger partial charge is 0.355 e. The number of aromatic nitrogens is 4. The molecule has 0 aliphatic carbocycles. The lowest BCUT2D eigenvalue weighted by molar-refractivity contribution is 0.816. The Balaban J connectivity index is 1.79. The Morgan fingerprint density at radius 2 is 1.96 bits per heavy atom. The molecule has 1 N–H and O–H groups in total. The molecule has 0 saturated carbocycles. The van der Waals surface area contributed by atoms with Gasteiger partial charge in [-0.05, 0) is 24.3 Å². The van der Waals surface area contributed by atoms with Crippen LogP contribution >= 0.6 is 0 Å². The first kappa shape index (κ1) is 14.9. The van der Waals surface area contributed by atoms with Crippen LogP contribution in [0.15, 0.2) is 59.8 Å². The lowest BCUT2D eigenvalue weighted by Crippen LogP contribution is -2.22. The van der Waals surface area contributed by atoms with E-state index in [0.29, 0.717) is 18.2 Å². The molecule has 6 heteroatoms. The Labute approximate surface area is 133 Å². The molecule has 0 bridgehead atoms. The molecule has 0 aliphatic rings. The summed E-state index contributed by atoms with van der Waals surface area (Å²) in [7, 11) is 1.70. The fourth-order valence-corrected chi connectivity index (χ4v) is 2.22. The van der Waals surface area contributed by atoms with E-state index >= 15 is 0 Å². The van der Waals surface area contributed by atoms with Crippen molar-refractivity contribution in [1.29, 1.82) is 0 Å². The van der Waals surface area contributed by atoms with Crippen molar-refractivity contribution in [3.8, 4) is 11.3 Å². The summed E-state index contributed by atoms with van der Waals surface area (Å²) in [6, 6.07) is 11.0. The molecule has 0 unspecified atom stereocenters. The van der Waals surface area contributed by atoms with Crippen LogP contribution < -0.4 is 10.9 Å². The van der Waals surface area contributed by atoms with Crippen molar-refractivity contribution >= 4 is 5.95 Å². The molecule has 3 aromatic heterocycles. The Bertz CT molecular complexity index is 831. The summed E-state index contributed by atoms with van der Waals surface area (Å²) in [5, 5.41) is 3.21. The van der Waals surface area contributed by atoms with Crippen molar-refractivity contribution in [1.82, 2.24) is 19.5 Å². The first-order valence-electron chi connectivity index (χ1n) is 7.36. The Morgan fingerprint density at radius 3 is 2.70 bits per heavy atom. The highest BCUT2D eigenvalue weighted by Crippen LogP contribution is 2.15. The van der Waals surface area contributed by atoms with Gasteiger partial charge in [0.15, 0.2) is 0 Å². The van der Waals surface area contributed by atoms with Gasteiger partial charge in [0.05, 0.1) is 5.69 Å². The van der Waals surface area contributed by atoms with Gasteiger partial charge in [0.2, 0.25) is 5.95 Å². The van der Waals surface area contributed by atoms with E-state index in [2.05, 4.69) is 20.3 Å². The summed E-state index contributed by atoms with van der Waals surface area (Å²) >= 11 is 0. The quantitative estimate of drug-likeness (QED) is 0.779. The van der Waals surface area contributed by atoms with Crippen molar-refractivity contribution in [2.45, 2.75) is 6.42 Å². The van der Waals surface area contributed by atoms with Crippen molar-refractivity contribution in [2.24, 2.45) is 7.05 Å². The molecule has 0 amide bonds. The van der Waals surface area contributed by atoms with Crippen LogP contribution in [0.25, 0.3) is 11.3 Å². The van der Waals surface area contributed by atoms with E-state index in [4.69, 9.17) is 0 Å². The molecule has 116 valence electrons. The van der Waals surface area contributed by atoms with Crippen LogP contribution in [0.3, 0.4) is 0 Å².